The van der Waals surface area contributed by atoms with Crippen molar-refractivity contribution < 1.29 is 4.79 Å². The van der Waals surface area contributed by atoms with Crippen LogP contribution in [0.4, 0.5) is 0 Å². The highest BCUT2D eigenvalue weighted by Crippen LogP contribution is 2.34. The van der Waals surface area contributed by atoms with Gasteiger partial charge in [-0.2, -0.15) is 5.26 Å². The predicted molar refractivity (Wildman–Crippen MR) is 43.0 cm³/mol. The van der Waals surface area contributed by atoms with Crippen molar-refractivity contribution in [3.05, 3.63) is 0 Å². The first-order chi connectivity index (χ1) is 5.81. The largest absolute Gasteiger partial charge is 0.340 e. The lowest BCUT2D eigenvalue weighted by Crippen LogP contribution is -2.36. The molecular weight excluding hydrogens is 152 g/mol. The summed E-state index contributed by atoms with van der Waals surface area (Å²) in [5.74, 6) is 0.755. The molecule has 2 rings (SSSR count). The summed E-state index contributed by atoms with van der Waals surface area (Å²) < 4.78 is 0. The molecule has 3 nitrogen and oxygen atoms in total. The number of nitrogens with one attached hydrogen (secondary N) is 1. The van der Waals surface area contributed by atoms with Gasteiger partial charge in [0.05, 0.1) is 6.07 Å². The summed E-state index contributed by atoms with van der Waals surface area (Å²) in [5.41, 5.74) is 0. The van der Waals surface area contributed by atoms with Gasteiger partial charge in [-0.3, -0.25) is 4.79 Å². The van der Waals surface area contributed by atoms with Crippen LogP contribution in [0.25, 0.3) is 0 Å². The lowest BCUT2D eigenvalue weighted by atomic mass is 10.2. The number of hydrogen-bond donors (Lipinski definition) is 1. The van der Waals surface area contributed by atoms with Crippen LogP contribution in [0.1, 0.15) is 25.7 Å². The van der Waals surface area contributed by atoms with Gasteiger partial charge in [-0.15, -0.1) is 0 Å². The number of hydrogen-bond acceptors (Lipinski definition) is 2. The summed E-state index contributed by atoms with van der Waals surface area (Å²) in [6.45, 7) is 0. The first-order valence-electron chi connectivity index (χ1n) is 4.51. The average molecular weight is 164 g/mol. The van der Waals surface area contributed by atoms with Crippen molar-refractivity contribution in [2.24, 2.45) is 11.8 Å². The molecule has 0 heterocycles. The molecule has 0 spiro atoms. The Balaban J connectivity index is 1.82. The quantitative estimate of drug-likeness (QED) is 0.671. The summed E-state index contributed by atoms with van der Waals surface area (Å²) in [5, 5.41) is 11.5. The van der Waals surface area contributed by atoms with Crippen LogP contribution >= 0.6 is 0 Å². The van der Waals surface area contributed by atoms with E-state index in [1.165, 1.54) is 0 Å². The molecular formula is C9H12N2O. The smallest absolute Gasteiger partial charge is 0.224 e. The Bertz CT molecular complexity index is 235. The van der Waals surface area contributed by atoms with E-state index in [0.717, 1.165) is 25.7 Å². The Morgan fingerprint density at radius 1 is 1.42 bits per heavy atom. The highest BCUT2D eigenvalue weighted by molar-refractivity contribution is 5.81. The van der Waals surface area contributed by atoms with E-state index in [0.29, 0.717) is 5.92 Å². The van der Waals surface area contributed by atoms with Gasteiger partial charge in [0.1, 0.15) is 6.04 Å². The number of nitrogens with zero attached hydrogens (tertiary/aromatic N) is 1. The number of carbonyl (C=O) groups excluding carboxylic acids is 1. The molecule has 0 bridgehead atoms. The summed E-state index contributed by atoms with van der Waals surface area (Å²) >= 11 is 0. The summed E-state index contributed by atoms with van der Waals surface area (Å²) in [7, 11) is 0. The van der Waals surface area contributed by atoms with Crippen LogP contribution in [0, 0.1) is 23.2 Å². The fraction of sp³-hybridized carbons (Fsp3) is 0.778. The van der Waals surface area contributed by atoms with E-state index in [9.17, 15) is 4.79 Å². The van der Waals surface area contributed by atoms with Crippen LogP contribution < -0.4 is 5.32 Å². The second-order valence-electron chi connectivity index (χ2n) is 3.73. The zero-order valence-corrected chi connectivity index (χ0v) is 6.92. The number of amides is 1. The fourth-order valence-corrected chi connectivity index (χ4v) is 1.30. The van der Waals surface area contributed by atoms with Crippen molar-refractivity contribution in [2.45, 2.75) is 31.7 Å². The van der Waals surface area contributed by atoms with Crippen molar-refractivity contribution >= 4 is 5.91 Å². The summed E-state index contributed by atoms with van der Waals surface area (Å²) in [4.78, 5) is 11.2. The normalized spacial score (nSPS) is 24.2. The highest BCUT2D eigenvalue weighted by Gasteiger charge is 2.36. The molecule has 64 valence electrons. The number of carbonyl (C=O) groups is 1. The van der Waals surface area contributed by atoms with E-state index in [1.807, 2.05) is 0 Å². The van der Waals surface area contributed by atoms with E-state index in [1.54, 1.807) is 0 Å². The van der Waals surface area contributed by atoms with Crippen LogP contribution in [0.2, 0.25) is 0 Å². The van der Waals surface area contributed by atoms with Gasteiger partial charge in [-0.25, -0.2) is 0 Å². The lowest BCUT2D eigenvalue weighted by molar-refractivity contribution is -0.122. The molecule has 1 N–H and O–H groups in total. The van der Waals surface area contributed by atoms with Crippen LogP contribution in [-0.2, 0) is 4.79 Å². The Kier molecular flexibility index (Phi) is 1.76. The van der Waals surface area contributed by atoms with Gasteiger partial charge in [0.15, 0.2) is 0 Å². The topological polar surface area (TPSA) is 52.9 Å². The second kappa shape index (κ2) is 2.78. The zero-order chi connectivity index (χ0) is 8.55. The van der Waals surface area contributed by atoms with E-state index in [-0.39, 0.29) is 17.9 Å². The molecule has 0 aromatic heterocycles. The second-order valence-corrected chi connectivity index (χ2v) is 3.73. The molecule has 2 saturated carbocycles. The van der Waals surface area contributed by atoms with Gasteiger partial charge in [0, 0.05) is 5.92 Å². The van der Waals surface area contributed by atoms with Crippen molar-refractivity contribution in [3.63, 3.8) is 0 Å². The lowest BCUT2D eigenvalue weighted by Gasteiger charge is -2.08. The SMILES string of the molecule is N#CC(NC(=O)C1CC1)C1CC1. The number of rotatable bonds is 3. The molecule has 0 aromatic rings. The maximum absolute atomic E-state index is 11.2. The van der Waals surface area contributed by atoms with Gasteiger partial charge in [0.25, 0.3) is 0 Å². The van der Waals surface area contributed by atoms with Gasteiger partial charge in [0.2, 0.25) is 5.91 Å². The van der Waals surface area contributed by atoms with Gasteiger partial charge in [-0.1, -0.05) is 0 Å². The Labute approximate surface area is 71.8 Å². The minimum Gasteiger partial charge on any atom is -0.340 e. The van der Waals surface area contributed by atoms with E-state index < -0.39 is 0 Å². The van der Waals surface area contributed by atoms with Crippen molar-refractivity contribution in [2.75, 3.05) is 0 Å². The van der Waals surface area contributed by atoms with E-state index in [4.69, 9.17) is 5.26 Å². The third-order valence-corrected chi connectivity index (χ3v) is 2.48. The summed E-state index contributed by atoms with van der Waals surface area (Å²) in [6, 6.07) is 1.94. The molecule has 1 atom stereocenters. The molecule has 2 aliphatic carbocycles. The monoisotopic (exact) mass is 164 g/mol. The highest BCUT2D eigenvalue weighted by atomic mass is 16.2. The van der Waals surface area contributed by atoms with Gasteiger partial charge < -0.3 is 5.32 Å². The predicted octanol–water partition coefficient (Wildman–Crippen LogP) is 0.815. The minimum absolute atomic E-state index is 0.0912. The minimum atomic E-state index is -0.210. The summed E-state index contributed by atoms with van der Waals surface area (Å²) in [6.07, 6.45) is 4.22. The Hall–Kier alpha value is -1.04. The molecule has 0 aromatic carbocycles. The molecule has 0 aliphatic heterocycles. The standard InChI is InChI=1S/C9H12N2O/c10-5-8(6-1-2-6)11-9(12)7-3-4-7/h6-8H,1-4H2,(H,11,12). The van der Waals surface area contributed by atoms with Crippen LogP contribution in [-0.4, -0.2) is 11.9 Å². The van der Waals surface area contributed by atoms with Crippen molar-refractivity contribution in [3.8, 4) is 6.07 Å². The molecule has 1 amide bonds. The molecule has 3 heteroatoms. The number of nitriles is 1. The van der Waals surface area contributed by atoms with Gasteiger partial charge >= 0.3 is 0 Å². The Morgan fingerprint density at radius 3 is 2.50 bits per heavy atom. The fourth-order valence-electron chi connectivity index (χ4n) is 1.30. The molecule has 12 heavy (non-hydrogen) atoms. The third kappa shape index (κ3) is 1.58. The molecule has 2 aliphatic rings. The molecule has 0 radical (unpaired) electrons. The average Bonchev–Trinajstić information content (AvgIpc) is 2.89. The molecule has 1 unspecified atom stereocenters. The Morgan fingerprint density at radius 2 is 2.08 bits per heavy atom. The molecule has 2 fully saturated rings. The van der Waals surface area contributed by atoms with E-state index >= 15 is 0 Å². The van der Waals surface area contributed by atoms with E-state index in [2.05, 4.69) is 11.4 Å². The first-order valence-corrected chi connectivity index (χ1v) is 4.51. The van der Waals surface area contributed by atoms with Gasteiger partial charge in [-0.05, 0) is 31.6 Å². The van der Waals surface area contributed by atoms with Crippen molar-refractivity contribution in [1.29, 1.82) is 5.26 Å². The zero-order valence-electron chi connectivity index (χ0n) is 6.92. The maximum Gasteiger partial charge on any atom is 0.224 e. The molecule has 0 saturated heterocycles. The van der Waals surface area contributed by atoms with Crippen molar-refractivity contribution in [1.82, 2.24) is 5.32 Å². The third-order valence-electron chi connectivity index (χ3n) is 2.48. The van der Waals surface area contributed by atoms with Crippen LogP contribution in [0.3, 0.4) is 0 Å². The van der Waals surface area contributed by atoms with Crippen LogP contribution in [0.5, 0.6) is 0 Å². The first kappa shape index (κ1) is 7.60. The van der Waals surface area contributed by atoms with Crippen LogP contribution in [0.15, 0.2) is 0 Å². The maximum atomic E-state index is 11.2.